The third kappa shape index (κ3) is 20.7. The van der Waals surface area contributed by atoms with Gasteiger partial charge in [-0.25, -0.2) is 4.79 Å². The van der Waals surface area contributed by atoms with Crippen molar-refractivity contribution in [3.63, 3.8) is 0 Å². The number of amides is 7. The van der Waals surface area contributed by atoms with Crippen molar-refractivity contribution in [1.82, 2.24) is 37.2 Å². The number of hydrogen-bond donors (Lipinski definition) is 14. The Balaban J connectivity index is 1.78. The number of aliphatic carboxylic acids is 2. The average molecular weight is 1010 g/mol. The maximum Gasteiger partial charge on any atom is 0.326 e. The van der Waals surface area contributed by atoms with Crippen LogP contribution in [0.4, 0.5) is 0 Å². The molecule has 3 rings (SSSR count). The molecule has 7 amide bonds. The van der Waals surface area contributed by atoms with E-state index in [1.165, 1.54) is 72.8 Å². The number of rotatable bonds is 29. The molecule has 392 valence electrons. The second-order valence-electron chi connectivity index (χ2n) is 18.1. The minimum absolute atomic E-state index is 0.0633. The zero-order chi connectivity index (χ0) is 53.7. The van der Waals surface area contributed by atoms with E-state index in [-0.39, 0.29) is 74.0 Å². The molecule has 23 nitrogen and oxygen atoms in total. The molecule has 0 spiro atoms. The third-order valence-electron chi connectivity index (χ3n) is 11.0. The van der Waals surface area contributed by atoms with Crippen molar-refractivity contribution in [2.75, 3.05) is 13.2 Å². The lowest BCUT2D eigenvalue weighted by molar-refractivity contribution is -0.142. The van der Waals surface area contributed by atoms with Crippen LogP contribution in [-0.4, -0.2) is 139 Å². The predicted molar refractivity (Wildman–Crippen MR) is 259 cm³/mol. The highest BCUT2D eigenvalue weighted by Gasteiger charge is 2.33. The summed E-state index contributed by atoms with van der Waals surface area (Å²) in [5, 5.41) is 75.7. The molecule has 0 saturated carbocycles. The smallest absolute Gasteiger partial charge is 0.326 e. The van der Waals surface area contributed by atoms with Crippen molar-refractivity contribution in [1.29, 1.82) is 0 Å². The highest BCUT2D eigenvalue weighted by atomic mass is 16.4. The van der Waals surface area contributed by atoms with Crippen LogP contribution in [0.5, 0.6) is 17.2 Å². The summed E-state index contributed by atoms with van der Waals surface area (Å²) in [6.07, 6.45) is -1.01. The fourth-order valence-electron chi connectivity index (χ4n) is 7.14. The molecule has 0 unspecified atom stereocenters. The van der Waals surface area contributed by atoms with E-state index in [0.29, 0.717) is 16.7 Å². The van der Waals surface area contributed by atoms with Gasteiger partial charge in [0.25, 0.3) is 0 Å². The molecule has 3 aromatic rings. The standard InChI is InChI=1S/C49H66N8O15/c1-26(2)19-35(53-43(65)34(50)17-18-42(63)64)45(67)54-36(20-27(3)4)46(68)55-37(21-28-5-11-31(59)12-6-28)44(66)51-24-41(62)52-40(25-58)48(70)56-38(22-29-7-13-32(60)14-8-29)47(69)57-39(49(71)72)23-30-9-15-33(61)16-10-30/h5-16,26-27,34-40,58-61H,17-25,50H2,1-4H3,(H,51,66)(H,52,62)(H,53,65)(H,54,67)(H,55,68)(H,56,70)(H,57,69)(H,63,64)(H,71,72)/t34-,35-,36-,37-,38-,39-,40-/m0/s1. The summed E-state index contributed by atoms with van der Waals surface area (Å²) in [5.74, 6) is -9.40. The van der Waals surface area contributed by atoms with E-state index >= 15 is 0 Å². The molecule has 0 saturated heterocycles. The number of phenolic OH excluding ortho intramolecular Hbond substituents is 3. The van der Waals surface area contributed by atoms with Crippen LogP contribution >= 0.6 is 0 Å². The molecule has 15 N–H and O–H groups in total. The van der Waals surface area contributed by atoms with Gasteiger partial charge in [0.1, 0.15) is 53.5 Å². The first-order valence-electron chi connectivity index (χ1n) is 23.2. The number of carbonyl (C=O) groups excluding carboxylic acids is 7. The van der Waals surface area contributed by atoms with E-state index in [0.717, 1.165) is 0 Å². The highest BCUT2D eigenvalue weighted by Crippen LogP contribution is 2.16. The van der Waals surface area contributed by atoms with Crippen LogP contribution in [0.25, 0.3) is 0 Å². The number of aliphatic hydroxyl groups excluding tert-OH is 1. The van der Waals surface area contributed by atoms with E-state index in [1.807, 2.05) is 0 Å². The largest absolute Gasteiger partial charge is 0.508 e. The first kappa shape index (κ1) is 58.5. The molecule has 0 heterocycles. The zero-order valence-electron chi connectivity index (χ0n) is 40.4. The zero-order valence-corrected chi connectivity index (χ0v) is 40.4. The molecule has 0 bridgehead atoms. The van der Waals surface area contributed by atoms with Gasteiger partial charge in [-0.15, -0.1) is 0 Å². The maximum atomic E-state index is 14.0. The molecule has 3 aromatic carbocycles. The number of phenols is 3. The number of aliphatic hydroxyl groups is 1. The number of hydrogen-bond acceptors (Lipinski definition) is 14. The Morgan fingerprint density at radius 2 is 0.819 bits per heavy atom. The van der Waals surface area contributed by atoms with Gasteiger partial charge in [-0.05, 0) is 84.2 Å². The second kappa shape index (κ2) is 28.8. The quantitative estimate of drug-likeness (QED) is 0.0406. The van der Waals surface area contributed by atoms with Crippen LogP contribution in [0.15, 0.2) is 72.8 Å². The molecule has 0 radical (unpaired) electrons. The Morgan fingerprint density at radius 1 is 0.472 bits per heavy atom. The van der Waals surface area contributed by atoms with Gasteiger partial charge in [-0.3, -0.25) is 38.4 Å². The Morgan fingerprint density at radius 3 is 1.21 bits per heavy atom. The van der Waals surface area contributed by atoms with E-state index in [1.54, 1.807) is 27.7 Å². The van der Waals surface area contributed by atoms with E-state index in [2.05, 4.69) is 37.2 Å². The van der Waals surface area contributed by atoms with Gasteiger partial charge >= 0.3 is 11.9 Å². The summed E-state index contributed by atoms with van der Waals surface area (Å²) in [5.41, 5.74) is 7.22. The molecule has 72 heavy (non-hydrogen) atoms. The topological polar surface area (TPSA) is 385 Å². The SMILES string of the molecule is CC(C)C[C@H](NC(=O)[C@H](CC(C)C)NC(=O)[C@@H](N)CCC(=O)O)C(=O)N[C@@H](Cc1ccc(O)cc1)C(=O)NCC(=O)N[C@@H](CO)C(=O)N[C@@H](Cc1ccc(O)cc1)C(=O)N[C@@H](Cc1ccc(O)cc1)C(=O)O. The van der Waals surface area contributed by atoms with Crippen molar-refractivity contribution in [2.45, 2.75) is 115 Å². The van der Waals surface area contributed by atoms with Gasteiger partial charge < -0.3 is 73.6 Å². The lowest BCUT2D eigenvalue weighted by Gasteiger charge is -2.27. The molecule has 0 aliphatic heterocycles. The summed E-state index contributed by atoms with van der Waals surface area (Å²) in [4.78, 5) is 118. The van der Waals surface area contributed by atoms with Crippen LogP contribution in [0.3, 0.4) is 0 Å². The van der Waals surface area contributed by atoms with Crippen LogP contribution in [0.2, 0.25) is 0 Å². The summed E-state index contributed by atoms with van der Waals surface area (Å²) in [7, 11) is 0. The molecule has 23 heteroatoms. The van der Waals surface area contributed by atoms with E-state index in [4.69, 9.17) is 10.8 Å². The van der Waals surface area contributed by atoms with Gasteiger partial charge in [0.2, 0.25) is 41.4 Å². The molecule has 0 aliphatic rings. The van der Waals surface area contributed by atoms with Crippen molar-refractivity contribution >= 4 is 53.3 Å². The first-order valence-corrected chi connectivity index (χ1v) is 23.2. The number of nitrogens with two attached hydrogens (primary N) is 1. The summed E-state index contributed by atoms with van der Waals surface area (Å²) in [6, 6.07) is 7.04. The fourth-order valence-corrected chi connectivity index (χ4v) is 7.14. The fraction of sp³-hybridized carbons (Fsp3) is 0.449. The van der Waals surface area contributed by atoms with Crippen molar-refractivity contribution in [2.24, 2.45) is 17.6 Å². The summed E-state index contributed by atoms with van der Waals surface area (Å²) >= 11 is 0. The highest BCUT2D eigenvalue weighted by molar-refractivity contribution is 5.97. The summed E-state index contributed by atoms with van der Waals surface area (Å²) in [6.45, 7) is 5.34. The number of nitrogens with one attached hydrogen (secondary N) is 7. The summed E-state index contributed by atoms with van der Waals surface area (Å²) < 4.78 is 0. The number of carbonyl (C=O) groups is 9. The number of carboxylic acid groups (broad SMARTS) is 2. The lowest BCUT2D eigenvalue weighted by atomic mass is 9.99. The Labute approximate surface area is 415 Å². The molecular weight excluding hydrogens is 941 g/mol. The van der Waals surface area contributed by atoms with Gasteiger partial charge in [0.15, 0.2) is 0 Å². The molecular formula is C49H66N8O15. The first-order chi connectivity index (χ1) is 33.9. The van der Waals surface area contributed by atoms with Crippen LogP contribution in [0.1, 0.15) is 70.1 Å². The minimum Gasteiger partial charge on any atom is -0.508 e. The van der Waals surface area contributed by atoms with Crippen LogP contribution in [0, 0.1) is 11.8 Å². The van der Waals surface area contributed by atoms with Crippen LogP contribution < -0.4 is 43.0 Å². The average Bonchev–Trinajstić information content (AvgIpc) is 3.31. The predicted octanol–water partition coefficient (Wildman–Crippen LogP) is -0.782. The molecule has 0 aliphatic carbocycles. The van der Waals surface area contributed by atoms with E-state index in [9.17, 15) is 68.7 Å². The van der Waals surface area contributed by atoms with Gasteiger partial charge in [0, 0.05) is 25.7 Å². The molecule has 0 aromatic heterocycles. The monoisotopic (exact) mass is 1010 g/mol. The number of carboxylic acids is 2. The van der Waals surface area contributed by atoms with Gasteiger partial charge in [-0.2, -0.15) is 0 Å². The third-order valence-corrected chi connectivity index (χ3v) is 11.0. The van der Waals surface area contributed by atoms with E-state index < -0.39 is 109 Å². The normalized spacial score (nSPS) is 14.0. The Bertz CT molecular complexity index is 2330. The van der Waals surface area contributed by atoms with Crippen molar-refractivity contribution < 1.29 is 73.8 Å². The van der Waals surface area contributed by atoms with Gasteiger partial charge in [-0.1, -0.05) is 64.1 Å². The van der Waals surface area contributed by atoms with Crippen molar-refractivity contribution in [3.05, 3.63) is 89.5 Å². The Kier molecular flexibility index (Phi) is 23.4. The minimum atomic E-state index is -1.71. The number of aromatic hydroxyl groups is 3. The molecule has 7 atom stereocenters. The van der Waals surface area contributed by atoms with Gasteiger partial charge in [0.05, 0.1) is 19.2 Å². The van der Waals surface area contributed by atoms with Crippen LogP contribution in [-0.2, 0) is 62.4 Å². The Hall–Kier alpha value is -7.79. The maximum absolute atomic E-state index is 14.0. The number of benzene rings is 3. The second-order valence-corrected chi connectivity index (χ2v) is 18.1. The molecule has 0 fully saturated rings. The lowest BCUT2D eigenvalue weighted by Crippen LogP contribution is -2.59. The van der Waals surface area contributed by atoms with Crippen molar-refractivity contribution in [3.8, 4) is 17.2 Å².